The highest BCUT2D eigenvalue weighted by Gasteiger charge is 2.58. The Morgan fingerprint density at radius 1 is 1.16 bits per heavy atom. The molecule has 1 N–H and O–H groups in total. The third kappa shape index (κ3) is 5.89. The van der Waals surface area contributed by atoms with Crippen LogP contribution >= 0.6 is 0 Å². The van der Waals surface area contributed by atoms with Crippen molar-refractivity contribution in [2.24, 2.45) is 16.7 Å². The average molecular weight is 435 g/mol. The molecule has 0 heterocycles. The Morgan fingerprint density at radius 2 is 1.84 bits per heavy atom. The molecular formula is C26H30N2O4. The van der Waals surface area contributed by atoms with Crippen molar-refractivity contribution in [1.29, 1.82) is 5.26 Å². The predicted octanol–water partition coefficient (Wildman–Crippen LogP) is 5.69. The summed E-state index contributed by atoms with van der Waals surface area (Å²) in [5.41, 5.74) is 3.94. The van der Waals surface area contributed by atoms with E-state index in [1.165, 1.54) is 0 Å². The summed E-state index contributed by atoms with van der Waals surface area (Å²) in [7, 11) is 0. The monoisotopic (exact) mass is 434 g/mol. The van der Waals surface area contributed by atoms with Crippen LogP contribution in [-0.4, -0.2) is 12.6 Å². The van der Waals surface area contributed by atoms with Crippen LogP contribution in [0.1, 0.15) is 46.3 Å². The molecule has 1 aliphatic rings. The van der Waals surface area contributed by atoms with Gasteiger partial charge in [-0.2, -0.15) is 5.26 Å². The van der Waals surface area contributed by atoms with Gasteiger partial charge in [0.1, 0.15) is 17.6 Å². The van der Waals surface area contributed by atoms with Crippen LogP contribution in [0.25, 0.3) is 0 Å². The van der Waals surface area contributed by atoms with E-state index in [4.69, 9.17) is 14.3 Å². The summed E-state index contributed by atoms with van der Waals surface area (Å²) >= 11 is 0. The molecule has 168 valence electrons. The van der Waals surface area contributed by atoms with Gasteiger partial charge in [0.05, 0.1) is 12.5 Å². The molecule has 32 heavy (non-hydrogen) atoms. The summed E-state index contributed by atoms with van der Waals surface area (Å²) in [6.07, 6.45) is 0.692. The number of nitriles is 1. The summed E-state index contributed by atoms with van der Waals surface area (Å²) in [5.74, 6) is 0.399. The van der Waals surface area contributed by atoms with Crippen LogP contribution < -0.4 is 10.2 Å². The molecule has 0 radical (unpaired) electrons. The number of esters is 1. The van der Waals surface area contributed by atoms with E-state index >= 15 is 0 Å². The lowest BCUT2D eigenvalue weighted by atomic mass is 9.99. The highest BCUT2D eigenvalue weighted by molar-refractivity contribution is 5.84. The first-order chi connectivity index (χ1) is 15.1. The van der Waals surface area contributed by atoms with Crippen LogP contribution in [-0.2, 0) is 14.4 Å². The number of para-hydroxylation sites is 1. The quantitative estimate of drug-likeness (QED) is 0.326. The summed E-state index contributed by atoms with van der Waals surface area (Å²) in [6, 6.07) is 18.5. The number of ether oxygens (including phenoxy) is 2. The molecule has 6 heteroatoms. The number of nitrogens with zero attached hydrogens (tertiary/aromatic N) is 1. The Labute approximate surface area is 189 Å². The van der Waals surface area contributed by atoms with Gasteiger partial charge in [0, 0.05) is 17.2 Å². The fourth-order valence-electron chi connectivity index (χ4n) is 3.35. The van der Waals surface area contributed by atoms with E-state index in [1.54, 1.807) is 30.5 Å². The minimum absolute atomic E-state index is 0.0295. The summed E-state index contributed by atoms with van der Waals surface area (Å²) in [4.78, 5) is 18.3. The van der Waals surface area contributed by atoms with Crippen molar-refractivity contribution in [3.8, 4) is 17.6 Å². The Kier molecular flexibility index (Phi) is 6.90. The third-order valence-electron chi connectivity index (χ3n) is 5.22. The van der Waals surface area contributed by atoms with Crippen LogP contribution in [0.15, 0.2) is 66.4 Å². The van der Waals surface area contributed by atoms with Gasteiger partial charge in [0.2, 0.25) is 6.10 Å². The maximum absolute atomic E-state index is 12.8. The van der Waals surface area contributed by atoms with Crippen LogP contribution in [0.2, 0.25) is 0 Å². The Hall–Kier alpha value is -3.30. The van der Waals surface area contributed by atoms with Gasteiger partial charge in [-0.1, -0.05) is 65.0 Å². The topological polar surface area (TPSA) is 80.6 Å². The molecule has 0 aromatic heterocycles. The molecule has 0 amide bonds. The molecule has 0 saturated heterocycles. The lowest BCUT2D eigenvalue weighted by Crippen LogP contribution is -2.19. The average Bonchev–Trinajstić information content (AvgIpc) is 3.30. The molecule has 0 bridgehead atoms. The molecule has 0 spiro atoms. The second-order valence-corrected chi connectivity index (χ2v) is 9.66. The molecule has 2 aromatic rings. The van der Waals surface area contributed by atoms with Crippen LogP contribution in [0.3, 0.4) is 0 Å². The maximum Gasteiger partial charge on any atom is 0.315 e. The van der Waals surface area contributed by atoms with Gasteiger partial charge < -0.3 is 9.47 Å². The zero-order valence-corrected chi connectivity index (χ0v) is 19.2. The SMILES string of the molecule is CC(C)(C)CONC=C1[C@@H](C(=O)OC(C#N)c2cccc(Oc3ccccc3)c2)C1(C)C. The van der Waals surface area contributed by atoms with E-state index in [9.17, 15) is 10.1 Å². The highest BCUT2D eigenvalue weighted by atomic mass is 16.6. The summed E-state index contributed by atoms with van der Waals surface area (Å²) in [6.45, 7) is 10.7. The molecule has 0 aliphatic heterocycles. The molecule has 1 aliphatic carbocycles. The maximum atomic E-state index is 12.8. The van der Waals surface area contributed by atoms with Crippen molar-refractivity contribution in [1.82, 2.24) is 5.48 Å². The number of hydroxylamine groups is 1. The van der Waals surface area contributed by atoms with Crippen molar-refractivity contribution in [3.05, 3.63) is 71.9 Å². The number of carbonyl (C=O) groups is 1. The Balaban J connectivity index is 1.64. The summed E-state index contributed by atoms with van der Waals surface area (Å²) in [5, 5.41) is 9.64. The van der Waals surface area contributed by atoms with Gasteiger partial charge in [-0.25, -0.2) is 0 Å². The van der Waals surface area contributed by atoms with Gasteiger partial charge in [-0.05, 0) is 35.3 Å². The number of carbonyl (C=O) groups excluding carboxylic acids is 1. The number of benzene rings is 2. The smallest absolute Gasteiger partial charge is 0.315 e. The summed E-state index contributed by atoms with van der Waals surface area (Å²) < 4.78 is 11.4. The Bertz CT molecular complexity index is 1020. The van der Waals surface area contributed by atoms with E-state index in [0.29, 0.717) is 23.7 Å². The first-order valence-electron chi connectivity index (χ1n) is 10.6. The minimum Gasteiger partial charge on any atom is -0.457 e. The second-order valence-electron chi connectivity index (χ2n) is 9.66. The lowest BCUT2D eigenvalue weighted by Gasteiger charge is -2.16. The van der Waals surface area contributed by atoms with Crippen molar-refractivity contribution in [2.45, 2.75) is 40.7 Å². The van der Waals surface area contributed by atoms with Gasteiger partial charge in [-0.15, -0.1) is 0 Å². The van der Waals surface area contributed by atoms with Crippen molar-refractivity contribution >= 4 is 5.97 Å². The van der Waals surface area contributed by atoms with E-state index in [2.05, 4.69) is 32.3 Å². The van der Waals surface area contributed by atoms with E-state index in [-0.39, 0.29) is 10.8 Å². The third-order valence-corrected chi connectivity index (χ3v) is 5.22. The Morgan fingerprint density at radius 3 is 2.50 bits per heavy atom. The molecule has 1 fully saturated rings. The zero-order valence-electron chi connectivity index (χ0n) is 19.2. The fourth-order valence-corrected chi connectivity index (χ4v) is 3.35. The minimum atomic E-state index is -1.02. The van der Waals surface area contributed by atoms with Crippen molar-refractivity contribution in [2.75, 3.05) is 6.61 Å². The molecule has 2 aromatic carbocycles. The second kappa shape index (κ2) is 9.46. The van der Waals surface area contributed by atoms with Gasteiger partial charge >= 0.3 is 5.97 Å². The van der Waals surface area contributed by atoms with Crippen molar-refractivity contribution < 1.29 is 19.1 Å². The first-order valence-corrected chi connectivity index (χ1v) is 10.6. The largest absolute Gasteiger partial charge is 0.457 e. The van der Waals surface area contributed by atoms with Gasteiger partial charge in [0.15, 0.2) is 0 Å². The molecule has 1 unspecified atom stereocenters. The van der Waals surface area contributed by atoms with E-state index in [1.807, 2.05) is 44.2 Å². The van der Waals surface area contributed by atoms with E-state index in [0.717, 1.165) is 5.57 Å². The van der Waals surface area contributed by atoms with E-state index < -0.39 is 18.0 Å². The van der Waals surface area contributed by atoms with Crippen LogP contribution in [0.4, 0.5) is 0 Å². The molecule has 1 saturated carbocycles. The van der Waals surface area contributed by atoms with Gasteiger partial charge in [-0.3, -0.25) is 15.1 Å². The van der Waals surface area contributed by atoms with Crippen LogP contribution in [0, 0.1) is 28.1 Å². The fraction of sp³-hybridized carbons (Fsp3) is 0.385. The zero-order chi connectivity index (χ0) is 23.4. The molecule has 2 atom stereocenters. The molecular weight excluding hydrogens is 404 g/mol. The lowest BCUT2D eigenvalue weighted by molar-refractivity contribution is -0.149. The predicted molar refractivity (Wildman–Crippen MR) is 121 cm³/mol. The number of nitrogens with one attached hydrogen (secondary N) is 1. The number of hydrogen-bond donors (Lipinski definition) is 1. The van der Waals surface area contributed by atoms with Crippen LogP contribution in [0.5, 0.6) is 11.5 Å². The standard InChI is InChI=1S/C26H30N2O4/c1-25(2,3)17-30-28-16-21-23(26(21,4)5)24(29)32-22(15-27)18-10-9-13-20(14-18)31-19-11-7-6-8-12-19/h6-14,16,22-23,28H,17H2,1-5H3/t22?,23-/m0/s1. The molecule has 3 rings (SSSR count). The molecule has 6 nitrogen and oxygen atoms in total. The number of rotatable bonds is 8. The van der Waals surface area contributed by atoms with Gasteiger partial charge in [0.25, 0.3) is 0 Å². The van der Waals surface area contributed by atoms with Crippen molar-refractivity contribution in [3.63, 3.8) is 0 Å². The highest BCUT2D eigenvalue weighted by Crippen LogP contribution is 2.58. The number of hydrogen-bond acceptors (Lipinski definition) is 6. The first kappa shape index (κ1) is 23.4. The normalized spacial score (nSPS) is 19.0.